The highest BCUT2D eigenvalue weighted by Gasteiger charge is 2.39. The molecule has 2 heterocycles. The Morgan fingerprint density at radius 3 is 2.41 bits per heavy atom. The fraction of sp³-hybridized carbons (Fsp3) is 0.364. The maximum atomic E-state index is 12.6. The molecular formula is C22H22N2O3. The lowest BCUT2D eigenvalue weighted by atomic mass is 9.99. The van der Waals surface area contributed by atoms with Gasteiger partial charge in [0, 0.05) is 43.6 Å². The fourth-order valence-electron chi connectivity index (χ4n) is 3.75. The number of ether oxygens (including phenoxy) is 2. The van der Waals surface area contributed by atoms with Crippen LogP contribution in [0.25, 0.3) is 0 Å². The van der Waals surface area contributed by atoms with Crippen LogP contribution in [0.15, 0.2) is 48.5 Å². The summed E-state index contributed by atoms with van der Waals surface area (Å²) in [7, 11) is 0. The minimum atomic E-state index is -0.343. The summed E-state index contributed by atoms with van der Waals surface area (Å²) in [6.45, 7) is 4.15. The van der Waals surface area contributed by atoms with E-state index in [1.54, 1.807) is 24.3 Å². The van der Waals surface area contributed by atoms with E-state index in [2.05, 4.69) is 11.0 Å². The molecule has 0 bridgehead atoms. The molecule has 27 heavy (non-hydrogen) atoms. The zero-order valence-corrected chi connectivity index (χ0v) is 15.2. The number of piperidine rings is 1. The van der Waals surface area contributed by atoms with Gasteiger partial charge in [0.25, 0.3) is 0 Å². The van der Waals surface area contributed by atoms with Crippen LogP contribution in [0.2, 0.25) is 0 Å². The van der Waals surface area contributed by atoms with Crippen LogP contribution in [0.1, 0.15) is 39.9 Å². The summed E-state index contributed by atoms with van der Waals surface area (Å²) < 4.78 is 11.5. The molecule has 0 N–H and O–H groups in total. The molecule has 4 rings (SSSR count). The molecular weight excluding hydrogens is 340 g/mol. The second kappa shape index (κ2) is 7.61. The van der Waals surface area contributed by atoms with E-state index in [1.807, 2.05) is 24.3 Å². The molecule has 138 valence electrons. The number of carbonyl (C=O) groups is 1. The number of likely N-dealkylation sites (tertiary alicyclic amines) is 1. The van der Waals surface area contributed by atoms with Crippen LogP contribution in [0.5, 0.6) is 0 Å². The lowest BCUT2D eigenvalue weighted by Gasteiger charge is -2.37. The van der Waals surface area contributed by atoms with Crippen molar-refractivity contribution in [1.29, 1.82) is 5.26 Å². The van der Waals surface area contributed by atoms with Crippen LogP contribution < -0.4 is 0 Å². The SMILES string of the molecule is N#Cc1cccc(C(=O)c2ccc(CN3CCC4(CC3)OCCO4)cc2)c1. The van der Waals surface area contributed by atoms with Crippen LogP contribution >= 0.6 is 0 Å². The van der Waals surface area contributed by atoms with Crippen LogP contribution in [0.4, 0.5) is 0 Å². The standard InChI is InChI=1S/C22H22N2O3/c23-15-18-2-1-3-20(14-18)21(25)19-6-4-17(5-7-19)16-24-10-8-22(9-11-24)26-12-13-27-22/h1-7,14H,8-13,16H2. The number of hydrogen-bond donors (Lipinski definition) is 0. The highest BCUT2D eigenvalue weighted by Crippen LogP contribution is 2.31. The molecule has 0 amide bonds. The van der Waals surface area contributed by atoms with E-state index in [0.717, 1.165) is 32.5 Å². The van der Waals surface area contributed by atoms with E-state index in [4.69, 9.17) is 14.7 Å². The molecule has 0 unspecified atom stereocenters. The van der Waals surface area contributed by atoms with E-state index >= 15 is 0 Å². The first-order chi connectivity index (χ1) is 13.2. The van der Waals surface area contributed by atoms with Gasteiger partial charge in [-0.2, -0.15) is 5.26 Å². The average molecular weight is 362 g/mol. The highest BCUT2D eigenvalue weighted by atomic mass is 16.7. The van der Waals surface area contributed by atoms with Crippen molar-refractivity contribution < 1.29 is 14.3 Å². The van der Waals surface area contributed by atoms with Crippen LogP contribution in [-0.4, -0.2) is 42.8 Å². The third kappa shape index (κ3) is 3.93. The van der Waals surface area contributed by atoms with E-state index < -0.39 is 0 Å². The van der Waals surface area contributed by atoms with Gasteiger partial charge < -0.3 is 9.47 Å². The first kappa shape index (κ1) is 17.9. The van der Waals surface area contributed by atoms with Gasteiger partial charge in [0.15, 0.2) is 11.6 Å². The van der Waals surface area contributed by atoms with E-state index in [1.165, 1.54) is 5.56 Å². The van der Waals surface area contributed by atoms with Gasteiger partial charge in [-0.05, 0) is 17.7 Å². The molecule has 2 aliphatic heterocycles. The lowest BCUT2D eigenvalue weighted by Crippen LogP contribution is -2.44. The Hall–Kier alpha value is -2.52. The largest absolute Gasteiger partial charge is 0.347 e. The Kier molecular flexibility index (Phi) is 5.04. The molecule has 2 aromatic rings. The summed E-state index contributed by atoms with van der Waals surface area (Å²) >= 11 is 0. The van der Waals surface area contributed by atoms with Gasteiger partial charge in [0.1, 0.15) is 0 Å². The van der Waals surface area contributed by atoms with Gasteiger partial charge in [-0.25, -0.2) is 0 Å². The van der Waals surface area contributed by atoms with Crippen LogP contribution in [0.3, 0.4) is 0 Å². The summed E-state index contributed by atoms with van der Waals surface area (Å²) in [5.41, 5.74) is 2.86. The van der Waals surface area contributed by atoms with E-state index in [-0.39, 0.29) is 11.6 Å². The maximum absolute atomic E-state index is 12.6. The molecule has 2 aliphatic rings. The molecule has 0 radical (unpaired) electrons. The molecule has 0 aliphatic carbocycles. The molecule has 0 aromatic heterocycles. The number of nitrogens with zero attached hydrogens (tertiary/aromatic N) is 2. The third-order valence-corrected chi connectivity index (χ3v) is 5.31. The second-order valence-electron chi connectivity index (χ2n) is 7.10. The minimum absolute atomic E-state index is 0.0610. The van der Waals surface area contributed by atoms with Crippen molar-refractivity contribution in [1.82, 2.24) is 4.90 Å². The van der Waals surface area contributed by atoms with Crippen molar-refractivity contribution in [2.24, 2.45) is 0 Å². The van der Waals surface area contributed by atoms with Crippen molar-refractivity contribution in [3.63, 3.8) is 0 Å². The van der Waals surface area contributed by atoms with Crippen LogP contribution in [-0.2, 0) is 16.0 Å². The van der Waals surface area contributed by atoms with Gasteiger partial charge in [-0.1, -0.05) is 36.4 Å². The van der Waals surface area contributed by atoms with Crippen molar-refractivity contribution >= 4 is 5.78 Å². The molecule has 1 spiro atoms. The lowest BCUT2D eigenvalue weighted by molar-refractivity contribution is -0.185. The number of benzene rings is 2. The van der Waals surface area contributed by atoms with Gasteiger partial charge in [0.2, 0.25) is 0 Å². The van der Waals surface area contributed by atoms with Gasteiger partial charge in [-0.3, -0.25) is 9.69 Å². The molecule has 5 nitrogen and oxygen atoms in total. The van der Waals surface area contributed by atoms with Crippen molar-refractivity contribution in [2.45, 2.75) is 25.2 Å². The molecule has 2 saturated heterocycles. The number of nitriles is 1. The summed E-state index contributed by atoms with van der Waals surface area (Å²) in [4.78, 5) is 15.0. The molecule has 0 saturated carbocycles. The molecule has 0 atom stereocenters. The monoisotopic (exact) mass is 362 g/mol. The average Bonchev–Trinajstić information content (AvgIpc) is 3.18. The first-order valence-corrected chi connectivity index (χ1v) is 9.32. The Balaban J connectivity index is 1.38. The Morgan fingerprint density at radius 2 is 1.74 bits per heavy atom. The summed E-state index contributed by atoms with van der Waals surface area (Å²) in [6.07, 6.45) is 1.80. The highest BCUT2D eigenvalue weighted by molar-refractivity contribution is 6.09. The quantitative estimate of drug-likeness (QED) is 0.782. The summed E-state index contributed by atoms with van der Waals surface area (Å²) in [5.74, 6) is -0.404. The molecule has 2 aromatic carbocycles. The topological polar surface area (TPSA) is 62.6 Å². The Morgan fingerprint density at radius 1 is 1.04 bits per heavy atom. The molecule has 2 fully saturated rings. The summed E-state index contributed by atoms with van der Waals surface area (Å²) in [5, 5.41) is 8.99. The minimum Gasteiger partial charge on any atom is -0.347 e. The number of hydrogen-bond acceptors (Lipinski definition) is 5. The zero-order chi connectivity index (χ0) is 18.7. The molecule has 5 heteroatoms. The Bertz CT molecular complexity index is 854. The summed E-state index contributed by atoms with van der Waals surface area (Å²) in [6, 6.07) is 16.6. The van der Waals surface area contributed by atoms with E-state index in [9.17, 15) is 4.79 Å². The fourth-order valence-corrected chi connectivity index (χ4v) is 3.75. The number of rotatable bonds is 4. The first-order valence-electron chi connectivity index (χ1n) is 9.32. The van der Waals surface area contributed by atoms with Crippen molar-refractivity contribution in [2.75, 3.05) is 26.3 Å². The zero-order valence-electron chi connectivity index (χ0n) is 15.2. The van der Waals surface area contributed by atoms with Crippen LogP contribution in [0, 0.1) is 11.3 Å². The number of carbonyl (C=O) groups excluding carboxylic acids is 1. The van der Waals surface area contributed by atoms with Gasteiger partial charge in [0.05, 0.1) is 24.8 Å². The third-order valence-electron chi connectivity index (χ3n) is 5.31. The van der Waals surface area contributed by atoms with E-state index in [0.29, 0.717) is 29.9 Å². The predicted molar refractivity (Wildman–Crippen MR) is 100 cm³/mol. The predicted octanol–water partition coefficient (Wildman–Crippen LogP) is 3.13. The smallest absolute Gasteiger partial charge is 0.193 e. The second-order valence-corrected chi connectivity index (χ2v) is 7.10. The van der Waals surface area contributed by atoms with Gasteiger partial charge in [-0.15, -0.1) is 0 Å². The van der Waals surface area contributed by atoms with Gasteiger partial charge >= 0.3 is 0 Å². The Labute approximate surface area is 159 Å². The number of ketones is 1. The maximum Gasteiger partial charge on any atom is 0.193 e. The normalized spacial score (nSPS) is 19.1. The van der Waals surface area contributed by atoms with Crippen molar-refractivity contribution in [3.8, 4) is 6.07 Å². The van der Waals surface area contributed by atoms with Crippen molar-refractivity contribution in [3.05, 3.63) is 70.8 Å².